The minimum Gasteiger partial charge on any atom is -0.391 e. The van der Waals surface area contributed by atoms with Gasteiger partial charge in [-0.2, -0.15) is 0 Å². The van der Waals surface area contributed by atoms with E-state index in [1.165, 1.54) is 0 Å². The van der Waals surface area contributed by atoms with Gasteiger partial charge in [0.2, 0.25) is 0 Å². The molecule has 4 nitrogen and oxygen atoms in total. The predicted octanol–water partition coefficient (Wildman–Crippen LogP) is 0.397. The molecule has 0 saturated heterocycles. The largest absolute Gasteiger partial charge is 0.391 e. The van der Waals surface area contributed by atoms with Gasteiger partial charge >= 0.3 is 0 Å². The minimum absolute atomic E-state index is 0.189. The number of ether oxygens (including phenoxy) is 2. The van der Waals surface area contributed by atoms with Gasteiger partial charge in [0.1, 0.15) is 0 Å². The van der Waals surface area contributed by atoms with E-state index in [1.807, 2.05) is 6.92 Å². The summed E-state index contributed by atoms with van der Waals surface area (Å²) < 4.78 is 9.99. The van der Waals surface area contributed by atoms with Gasteiger partial charge in [0.15, 0.2) is 0 Å². The molecule has 0 aromatic carbocycles. The summed E-state index contributed by atoms with van der Waals surface area (Å²) in [4.78, 5) is 0. The van der Waals surface area contributed by atoms with Crippen molar-refractivity contribution in [2.24, 2.45) is 0 Å². The maximum atomic E-state index is 9.36. The van der Waals surface area contributed by atoms with E-state index >= 15 is 0 Å². The van der Waals surface area contributed by atoms with Gasteiger partial charge in [-0.1, -0.05) is 0 Å². The first-order valence-corrected chi connectivity index (χ1v) is 5.05. The molecule has 0 aliphatic carbocycles. The van der Waals surface area contributed by atoms with Gasteiger partial charge in [-0.25, -0.2) is 0 Å². The van der Waals surface area contributed by atoms with Crippen LogP contribution in [0.25, 0.3) is 0 Å². The molecule has 0 aliphatic heterocycles. The zero-order valence-electron chi connectivity index (χ0n) is 9.62. The first-order chi connectivity index (χ1) is 6.61. The van der Waals surface area contributed by atoms with Crippen LogP contribution in [0.5, 0.6) is 0 Å². The molecule has 0 rings (SSSR count). The van der Waals surface area contributed by atoms with Crippen LogP contribution in [-0.4, -0.2) is 50.7 Å². The first kappa shape index (κ1) is 13.8. The molecule has 0 spiro atoms. The van der Waals surface area contributed by atoms with E-state index < -0.39 is 0 Å². The Labute approximate surface area is 86.6 Å². The lowest BCUT2D eigenvalue weighted by atomic mass is 10.2. The minimum atomic E-state index is -0.377. The quantitative estimate of drug-likeness (QED) is 0.602. The van der Waals surface area contributed by atoms with E-state index in [1.54, 1.807) is 14.2 Å². The highest BCUT2D eigenvalue weighted by Gasteiger charge is 2.10. The maximum Gasteiger partial charge on any atom is 0.0785 e. The van der Waals surface area contributed by atoms with Crippen molar-refractivity contribution in [3.63, 3.8) is 0 Å². The molecule has 0 fully saturated rings. The van der Waals surface area contributed by atoms with Gasteiger partial charge < -0.3 is 19.9 Å². The van der Waals surface area contributed by atoms with Crippen LogP contribution in [0, 0.1) is 0 Å². The molecule has 2 N–H and O–H groups in total. The number of rotatable bonds is 8. The lowest BCUT2D eigenvalue weighted by molar-refractivity contribution is 0.0550. The summed E-state index contributed by atoms with van der Waals surface area (Å²) in [5.74, 6) is 0. The Hall–Kier alpha value is -0.160. The van der Waals surface area contributed by atoms with Crippen molar-refractivity contribution >= 4 is 0 Å². The second kappa shape index (κ2) is 8.17. The molecule has 0 radical (unpaired) electrons. The summed E-state index contributed by atoms with van der Waals surface area (Å²) in [6.45, 7) is 5.26. The molecular weight excluding hydrogens is 182 g/mol. The van der Waals surface area contributed by atoms with E-state index in [0.29, 0.717) is 19.1 Å². The monoisotopic (exact) mass is 205 g/mol. The van der Waals surface area contributed by atoms with Gasteiger partial charge in [0.25, 0.3) is 0 Å². The number of aliphatic hydroxyl groups is 1. The maximum absolute atomic E-state index is 9.36. The van der Waals surface area contributed by atoms with Crippen LogP contribution in [0.2, 0.25) is 0 Å². The molecule has 0 aromatic rings. The van der Waals surface area contributed by atoms with Crippen molar-refractivity contribution in [3.8, 4) is 0 Å². The molecule has 0 bridgehead atoms. The van der Waals surface area contributed by atoms with Gasteiger partial charge in [-0.15, -0.1) is 0 Å². The summed E-state index contributed by atoms with van der Waals surface area (Å²) in [5, 5.41) is 12.6. The van der Waals surface area contributed by atoms with Crippen LogP contribution in [0.15, 0.2) is 0 Å². The van der Waals surface area contributed by atoms with Crippen molar-refractivity contribution in [2.75, 3.05) is 27.4 Å². The summed E-state index contributed by atoms with van der Waals surface area (Å²) >= 11 is 0. The molecule has 86 valence electrons. The zero-order valence-corrected chi connectivity index (χ0v) is 9.62. The second-order valence-electron chi connectivity index (χ2n) is 3.58. The lowest BCUT2D eigenvalue weighted by Crippen LogP contribution is -2.38. The zero-order chi connectivity index (χ0) is 11.0. The number of aliphatic hydroxyl groups excluding tert-OH is 1. The highest BCUT2D eigenvalue weighted by atomic mass is 16.5. The lowest BCUT2D eigenvalue weighted by Gasteiger charge is -2.20. The molecule has 3 atom stereocenters. The van der Waals surface area contributed by atoms with Crippen LogP contribution < -0.4 is 5.32 Å². The number of nitrogens with one attached hydrogen (secondary N) is 1. The molecule has 0 saturated carbocycles. The van der Waals surface area contributed by atoms with Crippen molar-refractivity contribution in [2.45, 2.75) is 38.5 Å². The smallest absolute Gasteiger partial charge is 0.0785 e. The Morgan fingerprint density at radius 3 is 2.43 bits per heavy atom. The fourth-order valence-corrected chi connectivity index (χ4v) is 1.12. The second-order valence-corrected chi connectivity index (χ2v) is 3.58. The molecule has 0 aromatic heterocycles. The Morgan fingerprint density at radius 1 is 1.29 bits per heavy atom. The highest BCUT2D eigenvalue weighted by Crippen LogP contribution is 1.97. The summed E-state index contributed by atoms with van der Waals surface area (Å²) in [6.07, 6.45) is 0.515. The third-order valence-electron chi connectivity index (χ3n) is 2.38. The summed E-state index contributed by atoms with van der Waals surface area (Å²) in [6, 6.07) is 0.301. The van der Waals surface area contributed by atoms with E-state index in [2.05, 4.69) is 12.2 Å². The van der Waals surface area contributed by atoms with E-state index in [9.17, 15) is 5.11 Å². The molecule has 14 heavy (non-hydrogen) atoms. The molecule has 4 heteroatoms. The number of methoxy groups -OCH3 is 2. The molecular formula is C10H23NO3. The van der Waals surface area contributed by atoms with Crippen LogP contribution in [0.1, 0.15) is 20.3 Å². The molecule has 3 unspecified atom stereocenters. The van der Waals surface area contributed by atoms with Crippen molar-refractivity contribution in [1.29, 1.82) is 0 Å². The average molecular weight is 205 g/mol. The van der Waals surface area contributed by atoms with E-state index in [4.69, 9.17) is 9.47 Å². The van der Waals surface area contributed by atoms with Crippen LogP contribution in [0.4, 0.5) is 0 Å². The summed E-state index contributed by atoms with van der Waals surface area (Å²) in [7, 11) is 3.29. The number of hydrogen-bond acceptors (Lipinski definition) is 4. The summed E-state index contributed by atoms with van der Waals surface area (Å²) in [5.41, 5.74) is 0. The third-order valence-corrected chi connectivity index (χ3v) is 2.38. The van der Waals surface area contributed by atoms with Gasteiger partial charge in [0, 0.05) is 20.3 Å². The van der Waals surface area contributed by atoms with Gasteiger partial charge in [-0.05, 0) is 26.8 Å². The van der Waals surface area contributed by atoms with Crippen LogP contribution in [0.3, 0.4) is 0 Å². The molecule has 0 aliphatic rings. The first-order valence-electron chi connectivity index (χ1n) is 5.05. The average Bonchev–Trinajstić information content (AvgIpc) is 2.16. The topological polar surface area (TPSA) is 50.7 Å². The van der Waals surface area contributed by atoms with Crippen molar-refractivity contribution in [1.82, 2.24) is 5.32 Å². The Morgan fingerprint density at radius 2 is 1.93 bits per heavy atom. The van der Waals surface area contributed by atoms with E-state index in [-0.39, 0.29) is 12.2 Å². The van der Waals surface area contributed by atoms with Gasteiger partial charge in [-0.3, -0.25) is 0 Å². The Balaban J connectivity index is 3.43. The van der Waals surface area contributed by atoms with E-state index in [0.717, 1.165) is 6.54 Å². The fraction of sp³-hybridized carbons (Fsp3) is 1.00. The van der Waals surface area contributed by atoms with Crippen molar-refractivity contribution < 1.29 is 14.6 Å². The third kappa shape index (κ3) is 6.32. The highest BCUT2D eigenvalue weighted by molar-refractivity contribution is 4.68. The number of hydrogen-bond donors (Lipinski definition) is 2. The van der Waals surface area contributed by atoms with Crippen LogP contribution in [-0.2, 0) is 9.47 Å². The standard InChI is InChI=1S/C10H23NO3/c1-8(9(2)14-4)11-6-5-10(12)7-13-3/h8-12H,5-7H2,1-4H3. The van der Waals surface area contributed by atoms with Gasteiger partial charge in [0.05, 0.1) is 18.8 Å². The normalized spacial score (nSPS) is 17.8. The SMILES string of the molecule is COCC(O)CCNC(C)C(C)OC. The fourth-order valence-electron chi connectivity index (χ4n) is 1.12. The Bertz CT molecular complexity index is 133. The Kier molecular flexibility index (Phi) is 8.08. The molecule has 0 heterocycles. The van der Waals surface area contributed by atoms with Crippen molar-refractivity contribution in [3.05, 3.63) is 0 Å². The predicted molar refractivity (Wildman–Crippen MR) is 56.4 cm³/mol. The molecule has 0 amide bonds. The van der Waals surface area contributed by atoms with Crippen LogP contribution >= 0.6 is 0 Å².